The van der Waals surface area contributed by atoms with E-state index in [2.05, 4.69) is 30.4 Å². The van der Waals surface area contributed by atoms with Crippen LogP contribution in [0.2, 0.25) is 0 Å². The highest BCUT2D eigenvalue weighted by Gasteiger charge is 2.24. The third-order valence-electron chi connectivity index (χ3n) is 5.34. The van der Waals surface area contributed by atoms with Crippen LogP contribution in [-0.2, 0) is 19.3 Å². The Labute approximate surface area is 124 Å². The lowest BCUT2D eigenvalue weighted by molar-refractivity contribution is 0.346. The molecule has 0 bridgehead atoms. The van der Waals surface area contributed by atoms with Gasteiger partial charge in [0.05, 0.1) is 0 Å². The normalized spacial score (nSPS) is 20.2. The minimum absolute atomic E-state index is 0.746. The largest absolute Gasteiger partial charge is 0.314 e. The number of benzene rings is 1. The van der Waals surface area contributed by atoms with Gasteiger partial charge in [-0.1, -0.05) is 38.0 Å². The molecule has 1 atom stereocenters. The Kier molecular flexibility index (Phi) is 4.77. The lowest BCUT2D eigenvalue weighted by Gasteiger charge is -2.24. The van der Waals surface area contributed by atoms with Crippen molar-refractivity contribution < 1.29 is 0 Å². The number of hydrogen-bond acceptors (Lipinski definition) is 1. The Balaban J connectivity index is 1.58. The summed E-state index contributed by atoms with van der Waals surface area (Å²) in [5.41, 5.74) is 4.79. The predicted molar refractivity (Wildman–Crippen MR) is 86.2 cm³/mol. The number of hydrogen-bond donors (Lipinski definition) is 1. The fraction of sp³-hybridized carbons (Fsp3) is 0.684. The molecule has 3 rings (SSSR count). The monoisotopic (exact) mass is 271 g/mol. The molecular weight excluding hydrogens is 242 g/mol. The summed E-state index contributed by atoms with van der Waals surface area (Å²) in [7, 11) is 0. The molecule has 2 aliphatic rings. The lowest BCUT2D eigenvalue weighted by Crippen LogP contribution is -2.35. The Morgan fingerprint density at radius 2 is 1.90 bits per heavy atom. The van der Waals surface area contributed by atoms with Crippen molar-refractivity contribution in [1.29, 1.82) is 0 Å². The maximum Gasteiger partial charge on any atom is 0.00983 e. The van der Waals surface area contributed by atoms with Gasteiger partial charge in [-0.25, -0.2) is 0 Å². The van der Waals surface area contributed by atoms with Crippen LogP contribution in [0, 0.1) is 5.92 Å². The third-order valence-corrected chi connectivity index (χ3v) is 5.34. The maximum atomic E-state index is 3.75. The summed E-state index contributed by atoms with van der Waals surface area (Å²) in [6.07, 6.45) is 12.3. The number of aryl methyl sites for hydroxylation is 3. The van der Waals surface area contributed by atoms with Crippen LogP contribution >= 0.6 is 0 Å². The van der Waals surface area contributed by atoms with Crippen LogP contribution in [0.1, 0.15) is 62.1 Å². The average molecular weight is 271 g/mol. The second-order valence-corrected chi connectivity index (χ2v) is 6.70. The third kappa shape index (κ3) is 3.25. The second-order valence-electron chi connectivity index (χ2n) is 6.70. The zero-order chi connectivity index (χ0) is 13.8. The maximum absolute atomic E-state index is 3.75. The molecule has 0 aliphatic heterocycles. The van der Waals surface area contributed by atoms with Crippen molar-refractivity contribution in [3.05, 3.63) is 34.9 Å². The fourth-order valence-electron chi connectivity index (χ4n) is 4.23. The molecule has 1 aromatic carbocycles. The van der Waals surface area contributed by atoms with E-state index in [4.69, 9.17) is 0 Å². The highest BCUT2D eigenvalue weighted by molar-refractivity contribution is 5.35. The highest BCUT2D eigenvalue weighted by atomic mass is 14.9. The molecule has 0 radical (unpaired) electrons. The molecule has 1 fully saturated rings. The Morgan fingerprint density at radius 1 is 1.10 bits per heavy atom. The van der Waals surface area contributed by atoms with Gasteiger partial charge in [-0.05, 0) is 74.1 Å². The predicted octanol–water partition coefficient (Wildman–Crippen LogP) is 4.28. The van der Waals surface area contributed by atoms with Crippen molar-refractivity contribution in [1.82, 2.24) is 5.32 Å². The van der Waals surface area contributed by atoms with Gasteiger partial charge in [-0.3, -0.25) is 0 Å². The minimum Gasteiger partial charge on any atom is -0.314 e. The van der Waals surface area contributed by atoms with Crippen LogP contribution in [-0.4, -0.2) is 12.6 Å². The van der Waals surface area contributed by atoms with Crippen molar-refractivity contribution >= 4 is 0 Å². The van der Waals surface area contributed by atoms with Gasteiger partial charge in [-0.15, -0.1) is 0 Å². The molecule has 1 saturated carbocycles. The van der Waals surface area contributed by atoms with Gasteiger partial charge in [0.25, 0.3) is 0 Å². The second kappa shape index (κ2) is 6.76. The van der Waals surface area contributed by atoms with E-state index in [1.807, 2.05) is 0 Å². The first kappa shape index (κ1) is 14.1. The van der Waals surface area contributed by atoms with Crippen LogP contribution in [0.4, 0.5) is 0 Å². The van der Waals surface area contributed by atoms with Crippen molar-refractivity contribution in [2.75, 3.05) is 6.54 Å². The lowest BCUT2D eigenvalue weighted by atomic mass is 9.92. The van der Waals surface area contributed by atoms with Crippen LogP contribution in [0.3, 0.4) is 0 Å². The summed E-state index contributed by atoms with van der Waals surface area (Å²) in [6, 6.07) is 7.99. The van der Waals surface area contributed by atoms with Gasteiger partial charge in [0, 0.05) is 6.04 Å². The number of nitrogens with one attached hydrogen (secondary N) is 1. The van der Waals surface area contributed by atoms with Gasteiger partial charge >= 0.3 is 0 Å². The van der Waals surface area contributed by atoms with Crippen LogP contribution in [0.25, 0.3) is 0 Å². The van der Waals surface area contributed by atoms with E-state index in [9.17, 15) is 0 Å². The molecule has 1 unspecified atom stereocenters. The molecule has 1 nitrogen and oxygen atoms in total. The molecule has 0 amide bonds. The van der Waals surface area contributed by atoms with Crippen molar-refractivity contribution in [2.45, 2.75) is 70.8 Å². The average Bonchev–Trinajstić information content (AvgIpc) is 3.13. The summed E-state index contributed by atoms with van der Waals surface area (Å²) >= 11 is 0. The van der Waals surface area contributed by atoms with Gasteiger partial charge in [0.2, 0.25) is 0 Å². The van der Waals surface area contributed by atoms with E-state index in [-0.39, 0.29) is 0 Å². The molecule has 0 heterocycles. The quantitative estimate of drug-likeness (QED) is 0.814. The molecule has 20 heavy (non-hydrogen) atoms. The topological polar surface area (TPSA) is 12.0 Å². The minimum atomic E-state index is 0.746. The van der Waals surface area contributed by atoms with Crippen molar-refractivity contribution in [3.63, 3.8) is 0 Å². The Morgan fingerprint density at radius 3 is 2.70 bits per heavy atom. The summed E-state index contributed by atoms with van der Waals surface area (Å²) in [5.74, 6) is 0.935. The number of rotatable bonds is 6. The van der Waals surface area contributed by atoms with E-state index in [0.29, 0.717) is 0 Å². The fourth-order valence-corrected chi connectivity index (χ4v) is 4.23. The zero-order valence-corrected chi connectivity index (χ0v) is 13.0. The summed E-state index contributed by atoms with van der Waals surface area (Å²) in [6.45, 7) is 3.36. The van der Waals surface area contributed by atoms with Crippen molar-refractivity contribution in [2.24, 2.45) is 5.92 Å². The smallest absolute Gasteiger partial charge is 0.00983 e. The van der Waals surface area contributed by atoms with E-state index in [1.54, 1.807) is 16.7 Å². The van der Waals surface area contributed by atoms with Gasteiger partial charge in [0.1, 0.15) is 0 Å². The van der Waals surface area contributed by atoms with E-state index in [0.717, 1.165) is 18.5 Å². The van der Waals surface area contributed by atoms with E-state index in [1.165, 1.54) is 57.8 Å². The van der Waals surface area contributed by atoms with Crippen LogP contribution in [0.15, 0.2) is 18.2 Å². The summed E-state index contributed by atoms with van der Waals surface area (Å²) in [4.78, 5) is 0. The van der Waals surface area contributed by atoms with Gasteiger partial charge in [-0.2, -0.15) is 0 Å². The van der Waals surface area contributed by atoms with Gasteiger partial charge in [0.15, 0.2) is 0 Å². The molecule has 0 spiro atoms. The van der Waals surface area contributed by atoms with E-state index >= 15 is 0 Å². The Hall–Kier alpha value is -0.820. The molecule has 1 heteroatoms. The molecule has 1 N–H and O–H groups in total. The molecular formula is C19H29N. The van der Waals surface area contributed by atoms with E-state index < -0.39 is 0 Å². The zero-order valence-electron chi connectivity index (χ0n) is 13.0. The molecule has 0 aromatic heterocycles. The highest BCUT2D eigenvalue weighted by Crippen LogP contribution is 2.30. The molecule has 110 valence electrons. The summed E-state index contributed by atoms with van der Waals surface area (Å²) < 4.78 is 0. The van der Waals surface area contributed by atoms with Crippen molar-refractivity contribution in [3.8, 4) is 0 Å². The first-order valence-electron chi connectivity index (χ1n) is 8.71. The number of fused-ring (bicyclic) bond motifs is 1. The van der Waals surface area contributed by atoms with Crippen LogP contribution < -0.4 is 5.32 Å². The van der Waals surface area contributed by atoms with Gasteiger partial charge < -0.3 is 5.32 Å². The molecule has 0 saturated heterocycles. The molecule has 1 aromatic rings. The van der Waals surface area contributed by atoms with Crippen LogP contribution in [0.5, 0.6) is 0 Å². The standard InChI is InChI=1S/C19H29N/c1-2-20-19(17-6-3-4-7-17)13-11-15-10-12-16-8-5-9-18(16)14-15/h10,12,14,17,19-20H,2-9,11,13H2,1H3. The summed E-state index contributed by atoms with van der Waals surface area (Å²) in [5, 5.41) is 3.75. The first-order chi connectivity index (χ1) is 9.86. The molecule has 2 aliphatic carbocycles. The Bertz CT molecular complexity index is 431. The SMILES string of the molecule is CCNC(CCc1ccc2c(c1)CCC2)C1CCCC1. The first-order valence-corrected chi connectivity index (χ1v) is 8.71.